The summed E-state index contributed by atoms with van der Waals surface area (Å²) in [5, 5.41) is 0. The molecule has 1 rings (SSSR count). The van der Waals surface area contributed by atoms with Gasteiger partial charge in [0, 0.05) is 20.2 Å². The quantitative estimate of drug-likeness (QED) is 0.689. The number of halogens is 2. The van der Waals surface area contributed by atoms with Crippen LogP contribution in [0.25, 0.3) is 0 Å². The van der Waals surface area contributed by atoms with Crippen LogP contribution in [0.2, 0.25) is 0 Å². The molecule has 0 bridgehead atoms. The summed E-state index contributed by atoms with van der Waals surface area (Å²) in [6.45, 7) is 0. The Morgan fingerprint density at radius 1 is 1.33 bits per heavy atom. The number of rotatable bonds is 1. The average Bonchev–Trinajstić information content (AvgIpc) is 1.96. The van der Waals surface area contributed by atoms with Crippen LogP contribution in [0.5, 0.6) is 0 Å². The van der Waals surface area contributed by atoms with Crippen molar-refractivity contribution in [2.45, 2.75) is 0 Å². The maximum Gasteiger partial charge on any atom is 0.168 e. The summed E-state index contributed by atoms with van der Waals surface area (Å²) in [4.78, 5) is 4.95. The van der Waals surface area contributed by atoms with E-state index in [1.165, 1.54) is 4.90 Å². The molecule has 5 heteroatoms. The van der Waals surface area contributed by atoms with E-state index in [1.54, 1.807) is 14.1 Å². The Morgan fingerprint density at radius 3 is 2.42 bits per heavy atom. The van der Waals surface area contributed by atoms with Gasteiger partial charge in [-0.15, -0.1) is 0 Å². The monoisotopic (exact) mass is 173 g/mol. The lowest BCUT2D eigenvalue weighted by atomic mass is 10.4. The molecule has 66 valence electrons. The molecule has 1 heterocycles. The van der Waals surface area contributed by atoms with Crippen molar-refractivity contribution in [1.29, 1.82) is 0 Å². The fourth-order valence-corrected chi connectivity index (χ4v) is 0.784. The Labute approximate surface area is 68.8 Å². The van der Waals surface area contributed by atoms with E-state index in [1.807, 2.05) is 0 Å². The van der Waals surface area contributed by atoms with Gasteiger partial charge in [-0.2, -0.15) is 0 Å². The third-order valence-corrected chi connectivity index (χ3v) is 1.36. The molecule has 0 spiro atoms. The van der Waals surface area contributed by atoms with Crippen LogP contribution in [0, 0.1) is 11.6 Å². The van der Waals surface area contributed by atoms with Crippen molar-refractivity contribution >= 4 is 11.6 Å². The number of hydrogen-bond donors (Lipinski definition) is 1. The molecule has 0 fully saturated rings. The van der Waals surface area contributed by atoms with Crippen molar-refractivity contribution in [2.24, 2.45) is 0 Å². The van der Waals surface area contributed by atoms with Gasteiger partial charge in [0.2, 0.25) is 0 Å². The topological polar surface area (TPSA) is 42.2 Å². The average molecular weight is 173 g/mol. The second-order valence-electron chi connectivity index (χ2n) is 2.56. The zero-order valence-electron chi connectivity index (χ0n) is 6.81. The van der Waals surface area contributed by atoms with E-state index in [0.29, 0.717) is 0 Å². The van der Waals surface area contributed by atoms with Gasteiger partial charge in [0.1, 0.15) is 0 Å². The lowest BCUT2D eigenvalue weighted by Gasteiger charge is -2.12. The van der Waals surface area contributed by atoms with Crippen LogP contribution in [-0.4, -0.2) is 19.1 Å². The minimum atomic E-state index is -0.835. The number of nitrogens with zero attached hydrogens (tertiary/aromatic N) is 2. The van der Waals surface area contributed by atoms with Crippen molar-refractivity contribution < 1.29 is 8.78 Å². The molecular formula is C7H9F2N3. The molecule has 0 aliphatic carbocycles. The fourth-order valence-electron chi connectivity index (χ4n) is 0.784. The Kier molecular flexibility index (Phi) is 2.12. The normalized spacial score (nSPS) is 10.0. The smallest absolute Gasteiger partial charge is 0.168 e. The molecule has 2 N–H and O–H groups in total. The number of hydrogen-bond acceptors (Lipinski definition) is 3. The molecule has 0 unspecified atom stereocenters. The zero-order valence-corrected chi connectivity index (χ0v) is 6.81. The highest BCUT2D eigenvalue weighted by molar-refractivity contribution is 5.45. The van der Waals surface area contributed by atoms with Crippen molar-refractivity contribution in [3.05, 3.63) is 17.7 Å². The Balaban J connectivity index is 3.23. The van der Waals surface area contributed by atoms with Crippen LogP contribution in [0.4, 0.5) is 20.4 Å². The van der Waals surface area contributed by atoms with Gasteiger partial charge in [-0.3, -0.25) is 0 Å². The van der Waals surface area contributed by atoms with Crippen LogP contribution in [-0.2, 0) is 0 Å². The maximum atomic E-state index is 12.9. The Morgan fingerprint density at radius 2 is 1.92 bits per heavy atom. The molecule has 0 atom stereocenters. The largest absolute Gasteiger partial charge is 0.381 e. The van der Waals surface area contributed by atoms with Gasteiger partial charge in [0.25, 0.3) is 0 Å². The molecule has 1 aromatic heterocycles. The number of nitrogen functional groups attached to an aromatic ring is 1. The first-order valence-electron chi connectivity index (χ1n) is 3.31. The van der Waals surface area contributed by atoms with Gasteiger partial charge in [0.15, 0.2) is 23.3 Å². The summed E-state index contributed by atoms with van der Waals surface area (Å²) in [5.74, 6) is -1.81. The van der Waals surface area contributed by atoms with Crippen molar-refractivity contribution in [1.82, 2.24) is 4.98 Å². The van der Waals surface area contributed by atoms with Crippen LogP contribution < -0.4 is 10.6 Å². The molecule has 3 nitrogen and oxygen atoms in total. The van der Waals surface area contributed by atoms with E-state index in [0.717, 1.165) is 6.07 Å². The van der Waals surface area contributed by atoms with Gasteiger partial charge in [-0.1, -0.05) is 0 Å². The van der Waals surface area contributed by atoms with Gasteiger partial charge < -0.3 is 10.6 Å². The van der Waals surface area contributed by atoms with Crippen LogP contribution >= 0.6 is 0 Å². The van der Waals surface area contributed by atoms with Gasteiger partial charge >= 0.3 is 0 Å². The summed E-state index contributed by atoms with van der Waals surface area (Å²) in [6, 6.07) is 0.720. The highest BCUT2D eigenvalue weighted by Crippen LogP contribution is 2.18. The van der Waals surface area contributed by atoms with E-state index in [4.69, 9.17) is 5.73 Å². The van der Waals surface area contributed by atoms with E-state index in [-0.39, 0.29) is 11.6 Å². The predicted molar refractivity (Wildman–Crippen MR) is 42.9 cm³/mol. The maximum absolute atomic E-state index is 12.9. The lowest BCUT2D eigenvalue weighted by Crippen LogP contribution is -2.14. The zero-order chi connectivity index (χ0) is 9.30. The second-order valence-corrected chi connectivity index (χ2v) is 2.56. The standard InChI is InChI=1S/C7H9F2N3/c1-12(2)7-5(9)3-4(8)6(10)11-7/h3H,1-2H3,(H2,10,11). The molecule has 0 aliphatic rings. The summed E-state index contributed by atoms with van der Waals surface area (Å²) in [7, 11) is 3.20. The molecule has 0 amide bonds. The number of pyridine rings is 1. The number of aromatic nitrogens is 1. The lowest BCUT2D eigenvalue weighted by molar-refractivity contribution is 0.576. The Bertz CT molecular complexity index is 299. The minimum Gasteiger partial charge on any atom is -0.381 e. The molecule has 0 aliphatic heterocycles. The van der Waals surface area contributed by atoms with Gasteiger partial charge in [0.05, 0.1) is 0 Å². The van der Waals surface area contributed by atoms with Crippen molar-refractivity contribution in [3.8, 4) is 0 Å². The van der Waals surface area contributed by atoms with Crippen LogP contribution in [0.3, 0.4) is 0 Å². The van der Waals surface area contributed by atoms with Crippen molar-refractivity contribution in [2.75, 3.05) is 24.7 Å². The molecule has 12 heavy (non-hydrogen) atoms. The fraction of sp³-hybridized carbons (Fsp3) is 0.286. The third-order valence-electron chi connectivity index (χ3n) is 1.36. The highest BCUT2D eigenvalue weighted by Gasteiger charge is 2.10. The van der Waals surface area contributed by atoms with E-state index >= 15 is 0 Å². The summed E-state index contributed by atoms with van der Waals surface area (Å²) in [6.07, 6.45) is 0. The highest BCUT2D eigenvalue weighted by atomic mass is 19.1. The molecule has 0 radical (unpaired) electrons. The number of nitrogens with two attached hydrogens (primary N) is 1. The molecule has 0 saturated carbocycles. The summed E-state index contributed by atoms with van der Waals surface area (Å²) >= 11 is 0. The third kappa shape index (κ3) is 1.44. The first-order chi connectivity index (χ1) is 5.52. The van der Waals surface area contributed by atoms with Crippen molar-refractivity contribution in [3.63, 3.8) is 0 Å². The minimum absolute atomic E-state index is 0.0360. The molecule has 0 aromatic carbocycles. The molecular weight excluding hydrogens is 164 g/mol. The van der Waals surface area contributed by atoms with E-state index in [2.05, 4.69) is 4.98 Å². The van der Waals surface area contributed by atoms with Crippen LogP contribution in [0.15, 0.2) is 6.07 Å². The molecule has 1 aromatic rings. The number of anilines is 2. The summed E-state index contributed by atoms with van der Waals surface area (Å²) < 4.78 is 25.5. The first kappa shape index (κ1) is 8.70. The molecule has 0 saturated heterocycles. The van der Waals surface area contributed by atoms with Gasteiger partial charge in [-0.25, -0.2) is 13.8 Å². The SMILES string of the molecule is CN(C)c1nc(N)c(F)cc1F. The first-order valence-corrected chi connectivity index (χ1v) is 3.31. The van der Waals surface area contributed by atoms with E-state index < -0.39 is 11.6 Å². The Hall–Kier alpha value is -1.39. The van der Waals surface area contributed by atoms with E-state index in [9.17, 15) is 8.78 Å². The summed E-state index contributed by atoms with van der Waals surface area (Å²) in [5.41, 5.74) is 5.15. The van der Waals surface area contributed by atoms with Gasteiger partial charge in [-0.05, 0) is 0 Å². The predicted octanol–water partition coefficient (Wildman–Crippen LogP) is 1.01. The second kappa shape index (κ2) is 2.92. The van der Waals surface area contributed by atoms with Crippen LogP contribution in [0.1, 0.15) is 0 Å².